The fourth-order valence-electron chi connectivity index (χ4n) is 1.81. The molecule has 1 rings (SSSR count). The highest BCUT2D eigenvalue weighted by molar-refractivity contribution is 5.85. The molecule has 1 amide bonds. The zero-order valence-electron chi connectivity index (χ0n) is 10.3. The molecule has 1 saturated heterocycles. The normalized spacial score (nSPS) is 19.3. The Kier molecular flexibility index (Phi) is 4.11. The number of carbonyl (C=O) groups is 1. The van der Waals surface area contributed by atoms with Crippen LogP contribution in [0.15, 0.2) is 0 Å². The van der Waals surface area contributed by atoms with E-state index in [2.05, 4.69) is 15.5 Å². The summed E-state index contributed by atoms with van der Waals surface area (Å²) in [5, 5.41) is 6.27. The molecule has 0 spiro atoms. The summed E-state index contributed by atoms with van der Waals surface area (Å²) < 4.78 is 0. The van der Waals surface area contributed by atoms with E-state index in [0.717, 1.165) is 26.2 Å². The van der Waals surface area contributed by atoms with Crippen molar-refractivity contribution in [3.05, 3.63) is 0 Å². The number of hydrogen-bond acceptors (Lipinski definition) is 3. The smallest absolute Gasteiger partial charge is 0.240 e. The van der Waals surface area contributed by atoms with Crippen LogP contribution in [0.5, 0.6) is 0 Å². The van der Waals surface area contributed by atoms with Crippen molar-refractivity contribution in [2.24, 2.45) is 0 Å². The van der Waals surface area contributed by atoms with Crippen LogP contribution >= 0.6 is 0 Å². The fraction of sp³-hybridized carbons (Fsp3) is 0.909. The standard InChI is InChI=1S/C11H23N3O/c1-9(2)13-10(15)11(3,4)14-7-5-12-6-8-14/h9,12H,5-8H2,1-4H3,(H,13,15). The van der Waals surface area contributed by atoms with Crippen LogP contribution in [0, 0.1) is 0 Å². The minimum atomic E-state index is -0.396. The Morgan fingerprint density at radius 2 is 1.87 bits per heavy atom. The van der Waals surface area contributed by atoms with E-state index in [9.17, 15) is 4.79 Å². The van der Waals surface area contributed by atoms with Crippen LogP contribution in [0.4, 0.5) is 0 Å². The third-order valence-electron chi connectivity index (χ3n) is 2.88. The summed E-state index contributed by atoms with van der Waals surface area (Å²) in [5.41, 5.74) is -0.396. The second-order valence-electron chi connectivity index (χ2n) is 4.92. The first-order valence-electron chi connectivity index (χ1n) is 5.71. The van der Waals surface area contributed by atoms with Crippen LogP contribution in [0.2, 0.25) is 0 Å². The van der Waals surface area contributed by atoms with Gasteiger partial charge in [0, 0.05) is 32.2 Å². The largest absolute Gasteiger partial charge is 0.352 e. The van der Waals surface area contributed by atoms with Gasteiger partial charge in [-0.1, -0.05) is 0 Å². The summed E-state index contributed by atoms with van der Waals surface area (Å²) in [4.78, 5) is 14.2. The Hall–Kier alpha value is -0.610. The van der Waals surface area contributed by atoms with Crippen molar-refractivity contribution < 1.29 is 4.79 Å². The van der Waals surface area contributed by atoms with Gasteiger partial charge in [0.05, 0.1) is 5.54 Å². The Morgan fingerprint density at radius 3 is 2.33 bits per heavy atom. The molecular formula is C11H23N3O. The van der Waals surface area contributed by atoms with E-state index in [1.165, 1.54) is 0 Å². The lowest BCUT2D eigenvalue weighted by Crippen LogP contribution is -2.60. The lowest BCUT2D eigenvalue weighted by Gasteiger charge is -2.40. The lowest BCUT2D eigenvalue weighted by atomic mass is 10.00. The molecular weight excluding hydrogens is 190 g/mol. The maximum atomic E-state index is 12.0. The summed E-state index contributed by atoms with van der Waals surface area (Å²) >= 11 is 0. The molecule has 0 atom stereocenters. The van der Waals surface area contributed by atoms with Gasteiger partial charge in [0.25, 0.3) is 0 Å². The molecule has 4 nitrogen and oxygen atoms in total. The maximum Gasteiger partial charge on any atom is 0.240 e. The molecule has 2 N–H and O–H groups in total. The lowest BCUT2D eigenvalue weighted by molar-refractivity contribution is -0.132. The molecule has 1 aliphatic heterocycles. The van der Waals surface area contributed by atoms with Crippen molar-refractivity contribution in [1.29, 1.82) is 0 Å². The summed E-state index contributed by atoms with van der Waals surface area (Å²) in [6.45, 7) is 11.8. The Bertz CT molecular complexity index is 220. The summed E-state index contributed by atoms with van der Waals surface area (Å²) in [7, 11) is 0. The van der Waals surface area contributed by atoms with Gasteiger partial charge in [-0.25, -0.2) is 0 Å². The van der Waals surface area contributed by atoms with Gasteiger partial charge in [0.15, 0.2) is 0 Å². The predicted molar refractivity (Wildman–Crippen MR) is 61.8 cm³/mol. The van der Waals surface area contributed by atoms with Gasteiger partial charge < -0.3 is 10.6 Å². The summed E-state index contributed by atoms with van der Waals surface area (Å²) in [5.74, 6) is 0.124. The number of amides is 1. The average molecular weight is 213 g/mol. The highest BCUT2D eigenvalue weighted by Gasteiger charge is 2.35. The molecule has 0 aromatic rings. The molecule has 4 heteroatoms. The first-order chi connectivity index (χ1) is 6.94. The Balaban J connectivity index is 2.58. The number of nitrogens with zero attached hydrogens (tertiary/aromatic N) is 1. The van der Waals surface area contributed by atoms with Crippen LogP contribution in [0.1, 0.15) is 27.7 Å². The van der Waals surface area contributed by atoms with Crippen molar-refractivity contribution in [2.75, 3.05) is 26.2 Å². The average Bonchev–Trinajstić information content (AvgIpc) is 2.18. The molecule has 0 unspecified atom stereocenters. The summed E-state index contributed by atoms with van der Waals surface area (Å²) in [6, 6.07) is 0.208. The molecule has 0 bridgehead atoms. The van der Waals surface area contributed by atoms with Gasteiger partial charge in [-0.05, 0) is 27.7 Å². The molecule has 1 fully saturated rings. The van der Waals surface area contributed by atoms with E-state index in [1.807, 2.05) is 27.7 Å². The van der Waals surface area contributed by atoms with E-state index in [-0.39, 0.29) is 11.9 Å². The van der Waals surface area contributed by atoms with Gasteiger partial charge in [0.1, 0.15) is 0 Å². The van der Waals surface area contributed by atoms with Gasteiger partial charge in [-0.3, -0.25) is 9.69 Å². The topological polar surface area (TPSA) is 44.4 Å². The second-order valence-corrected chi connectivity index (χ2v) is 4.92. The van der Waals surface area contributed by atoms with Gasteiger partial charge in [-0.15, -0.1) is 0 Å². The van der Waals surface area contributed by atoms with Crippen LogP contribution < -0.4 is 10.6 Å². The molecule has 1 heterocycles. The third-order valence-corrected chi connectivity index (χ3v) is 2.88. The summed E-state index contributed by atoms with van der Waals surface area (Å²) in [6.07, 6.45) is 0. The minimum Gasteiger partial charge on any atom is -0.352 e. The zero-order chi connectivity index (χ0) is 11.5. The van der Waals surface area contributed by atoms with Gasteiger partial charge >= 0.3 is 0 Å². The van der Waals surface area contributed by atoms with Crippen LogP contribution in [0.25, 0.3) is 0 Å². The number of carbonyl (C=O) groups excluding carboxylic acids is 1. The van der Waals surface area contributed by atoms with Crippen molar-refractivity contribution in [2.45, 2.75) is 39.3 Å². The first kappa shape index (κ1) is 12.5. The Labute approximate surface area is 92.4 Å². The molecule has 0 radical (unpaired) electrons. The van der Waals surface area contributed by atoms with Crippen LogP contribution in [-0.4, -0.2) is 48.6 Å². The fourth-order valence-corrected chi connectivity index (χ4v) is 1.81. The highest BCUT2D eigenvalue weighted by atomic mass is 16.2. The molecule has 0 aromatic heterocycles. The van der Waals surface area contributed by atoms with Crippen molar-refractivity contribution in [1.82, 2.24) is 15.5 Å². The van der Waals surface area contributed by atoms with E-state index in [4.69, 9.17) is 0 Å². The molecule has 0 aliphatic carbocycles. The number of hydrogen-bond donors (Lipinski definition) is 2. The SMILES string of the molecule is CC(C)NC(=O)C(C)(C)N1CCNCC1. The zero-order valence-corrected chi connectivity index (χ0v) is 10.3. The van der Waals surface area contributed by atoms with E-state index in [1.54, 1.807) is 0 Å². The third kappa shape index (κ3) is 3.18. The Morgan fingerprint density at radius 1 is 1.33 bits per heavy atom. The van der Waals surface area contributed by atoms with Crippen LogP contribution in [-0.2, 0) is 4.79 Å². The number of piperazine rings is 1. The molecule has 15 heavy (non-hydrogen) atoms. The predicted octanol–water partition coefficient (Wildman–Crippen LogP) is 0.195. The molecule has 0 saturated carbocycles. The van der Waals surface area contributed by atoms with E-state index < -0.39 is 5.54 Å². The maximum absolute atomic E-state index is 12.0. The van der Waals surface area contributed by atoms with Crippen molar-refractivity contribution in [3.63, 3.8) is 0 Å². The van der Waals surface area contributed by atoms with Crippen LogP contribution in [0.3, 0.4) is 0 Å². The number of rotatable bonds is 3. The number of nitrogens with one attached hydrogen (secondary N) is 2. The molecule has 0 aromatic carbocycles. The van der Waals surface area contributed by atoms with Gasteiger partial charge in [-0.2, -0.15) is 0 Å². The minimum absolute atomic E-state index is 0.124. The highest BCUT2D eigenvalue weighted by Crippen LogP contribution is 2.15. The van der Waals surface area contributed by atoms with Crippen molar-refractivity contribution in [3.8, 4) is 0 Å². The van der Waals surface area contributed by atoms with Crippen molar-refractivity contribution >= 4 is 5.91 Å². The van der Waals surface area contributed by atoms with Gasteiger partial charge in [0.2, 0.25) is 5.91 Å². The monoisotopic (exact) mass is 213 g/mol. The molecule has 88 valence electrons. The first-order valence-corrected chi connectivity index (χ1v) is 5.71. The van der Waals surface area contributed by atoms with E-state index >= 15 is 0 Å². The van der Waals surface area contributed by atoms with E-state index in [0.29, 0.717) is 0 Å². The quantitative estimate of drug-likeness (QED) is 0.703. The molecule has 1 aliphatic rings. The second kappa shape index (κ2) is 4.94.